The molecule has 3 nitrogen and oxygen atoms in total. The standard InChI is InChI=1S/C12H16ClNO2S/c1-17-12(6-2-3-7-12)8-14-11(15)9-4-5-10(13)16-9/h4-5H,2-3,6-8H2,1H3,(H,14,15). The molecule has 1 aromatic rings. The molecule has 17 heavy (non-hydrogen) atoms. The van der Waals surface area contributed by atoms with Crippen LogP contribution >= 0.6 is 23.4 Å². The number of halogens is 1. The summed E-state index contributed by atoms with van der Waals surface area (Å²) in [6.45, 7) is 0.700. The predicted molar refractivity (Wildman–Crippen MR) is 70.8 cm³/mol. The van der Waals surface area contributed by atoms with Gasteiger partial charge < -0.3 is 9.73 Å². The van der Waals surface area contributed by atoms with E-state index in [4.69, 9.17) is 16.0 Å². The molecule has 94 valence electrons. The third-order valence-electron chi connectivity index (χ3n) is 3.32. The summed E-state index contributed by atoms with van der Waals surface area (Å²) in [4.78, 5) is 11.8. The third kappa shape index (κ3) is 2.99. The molecule has 0 atom stereocenters. The maximum Gasteiger partial charge on any atom is 0.287 e. The van der Waals surface area contributed by atoms with Crippen molar-refractivity contribution < 1.29 is 9.21 Å². The van der Waals surface area contributed by atoms with Crippen LogP contribution in [0.5, 0.6) is 0 Å². The summed E-state index contributed by atoms with van der Waals surface area (Å²) >= 11 is 7.49. The summed E-state index contributed by atoms with van der Waals surface area (Å²) in [7, 11) is 0. The molecule has 0 aromatic carbocycles. The number of nitrogens with one attached hydrogen (secondary N) is 1. The van der Waals surface area contributed by atoms with Crippen molar-refractivity contribution >= 4 is 29.3 Å². The number of carbonyl (C=O) groups excluding carboxylic acids is 1. The van der Waals surface area contributed by atoms with E-state index in [0.717, 1.165) is 0 Å². The Bertz CT molecular complexity index is 399. The van der Waals surface area contributed by atoms with E-state index in [0.29, 0.717) is 6.54 Å². The van der Waals surface area contributed by atoms with Crippen LogP contribution in [0.15, 0.2) is 16.5 Å². The summed E-state index contributed by atoms with van der Waals surface area (Å²) in [6, 6.07) is 3.18. The van der Waals surface area contributed by atoms with Gasteiger partial charge >= 0.3 is 0 Å². The number of hydrogen-bond acceptors (Lipinski definition) is 3. The molecular weight excluding hydrogens is 258 g/mol. The first-order chi connectivity index (χ1) is 8.15. The van der Waals surface area contributed by atoms with Crippen molar-refractivity contribution in [1.29, 1.82) is 0 Å². The first-order valence-electron chi connectivity index (χ1n) is 5.74. The van der Waals surface area contributed by atoms with Crippen molar-refractivity contribution in [2.45, 2.75) is 30.4 Å². The number of furan rings is 1. The van der Waals surface area contributed by atoms with Gasteiger partial charge in [0.1, 0.15) is 0 Å². The number of rotatable bonds is 4. The topological polar surface area (TPSA) is 42.2 Å². The van der Waals surface area contributed by atoms with E-state index in [9.17, 15) is 4.79 Å². The smallest absolute Gasteiger partial charge is 0.287 e. The molecule has 1 aliphatic carbocycles. The Kier molecular flexibility index (Phi) is 4.05. The minimum atomic E-state index is -0.183. The Morgan fingerprint density at radius 1 is 1.53 bits per heavy atom. The molecule has 0 unspecified atom stereocenters. The van der Waals surface area contributed by atoms with Crippen molar-refractivity contribution in [3.05, 3.63) is 23.1 Å². The molecule has 1 fully saturated rings. The predicted octanol–water partition coefficient (Wildman–Crippen LogP) is 3.34. The second-order valence-electron chi connectivity index (χ2n) is 4.38. The van der Waals surface area contributed by atoms with Crippen LogP contribution in [0.25, 0.3) is 0 Å². The van der Waals surface area contributed by atoms with E-state index in [2.05, 4.69) is 11.6 Å². The molecule has 1 heterocycles. The maximum atomic E-state index is 11.8. The highest BCUT2D eigenvalue weighted by molar-refractivity contribution is 8.00. The van der Waals surface area contributed by atoms with Gasteiger partial charge in [-0.25, -0.2) is 0 Å². The number of thioether (sulfide) groups is 1. The van der Waals surface area contributed by atoms with Gasteiger partial charge in [0, 0.05) is 11.3 Å². The van der Waals surface area contributed by atoms with Gasteiger partial charge in [0.05, 0.1) is 0 Å². The Morgan fingerprint density at radius 3 is 2.76 bits per heavy atom. The quantitative estimate of drug-likeness (QED) is 0.915. The largest absolute Gasteiger partial charge is 0.440 e. The molecule has 1 N–H and O–H groups in total. The van der Waals surface area contributed by atoms with Crippen molar-refractivity contribution in [3.8, 4) is 0 Å². The van der Waals surface area contributed by atoms with Gasteiger partial charge in [0.15, 0.2) is 11.0 Å². The van der Waals surface area contributed by atoms with Crippen LogP contribution in [0.4, 0.5) is 0 Å². The van der Waals surface area contributed by atoms with Gasteiger partial charge in [-0.05, 0) is 42.8 Å². The van der Waals surface area contributed by atoms with Crippen molar-refractivity contribution in [1.82, 2.24) is 5.32 Å². The lowest BCUT2D eigenvalue weighted by molar-refractivity contribution is 0.0922. The highest BCUT2D eigenvalue weighted by Gasteiger charge is 2.33. The molecule has 0 spiro atoms. The van der Waals surface area contributed by atoms with E-state index in [1.165, 1.54) is 25.7 Å². The number of amides is 1. The van der Waals surface area contributed by atoms with Gasteiger partial charge in [-0.2, -0.15) is 11.8 Å². The fraction of sp³-hybridized carbons (Fsp3) is 0.583. The first kappa shape index (κ1) is 12.8. The zero-order chi connectivity index (χ0) is 12.3. The minimum absolute atomic E-state index is 0.183. The van der Waals surface area contributed by atoms with Gasteiger partial charge in [-0.3, -0.25) is 4.79 Å². The number of hydrogen-bond donors (Lipinski definition) is 1. The van der Waals surface area contributed by atoms with E-state index >= 15 is 0 Å². The molecule has 0 radical (unpaired) electrons. The Labute approximate surface area is 110 Å². The van der Waals surface area contributed by atoms with E-state index < -0.39 is 0 Å². The van der Waals surface area contributed by atoms with Crippen LogP contribution in [0.1, 0.15) is 36.2 Å². The van der Waals surface area contributed by atoms with Crippen LogP contribution in [-0.2, 0) is 0 Å². The van der Waals surface area contributed by atoms with Crippen LogP contribution in [-0.4, -0.2) is 23.5 Å². The normalized spacial score (nSPS) is 18.2. The summed E-state index contributed by atoms with van der Waals surface area (Å²) in [5, 5.41) is 3.18. The summed E-state index contributed by atoms with van der Waals surface area (Å²) in [5.74, 6) is 0.0986. The Hall–Kier alpha value is -0.610. The monoisotopic (exact) mass is 273 g/mol. The summed E-state index contributed by atoms with van der Waals surface area (Å²) < 4.78 is 5.29. The van der Waals surface area contributed by atoms with Crippen LogP contribution in [0.2, 0.25) is 5.22 Å². The fourth-order valence-corrected chi connectivity index (χ4v) is 3.30. The van der Waals surface area contributed by atoms with Crippen molar-refractivity contribution in [3.63, 3.8) is 0 Å². The second kappa shape index (κ2) is 5.36. The highest BCUT2D eigenvalue weighted by Crippen LogP contribution is 2.39. The molecular formula is C12H16ClNO2S. The lowest BCUT2D eigenvalue weighted by atomic mass is 10.1. The van der Waals surface area contributed by atoms with E-state index in [1.54, 1.807) is 12.1 Å². The van der Waals surface area contributed by atoms with Gasteiger partial charge in [-0.15, -0.1) is 0 Å². The molecule has 1 amide bonds. The lowest BCUT2D eigenvalue weighted by Gasteiger charge is -2.26. The van der Waals surface area contributed by atoms with E-state index in [-0.39, 0.29) is 21.6 Å². The molecule has 2 rings (SSSR count). The number of carbonyl (C=O) groups is 1. The molecule has 1 saturated carbocycles. The summed E-state index contributed by atoms with van der Waals surface area (Å²) in [5.41, 5.74) is 0. The Morgan fingerprint density at radius 2 is 2.24 bits per heavy atom. The van der Waals surface area contributed by atoms with Crippen LogP contribution in [0, 0.1) is 0 Å². The summed E-state index contributed by atoms with van der Waals surface area (Å²) in [6.07, 6.45) is 6.97. The Balaban J connectivity index is 1.91. The van der Waals surface area contributed by atoms with Crippen molar-refractivity contribution in [2.24, 2.45) is 0 Å². The third-order valence-corrected chi connectivity index (χ3v) is 4.94. The zero-order valence-electron chi connectivity index (χ0n) is 9.79. The molecule has 0 saturated heterocycles. The fourth-order valence-electron chi connectivity index (χ4n) is 2.24. The molecule has 5 heteroatoms. The van der Waals surface area contributed by atoms with Gasteiger partial charge in [-0.1, -0.05) is 12.8 Å². The molecule has 0 aliphatic heterocycles. The van der Waals surface area contributed by atoms with Crippen molar-refractivity contribution in [2.75, 3.05) is 12.8 Å². The SMILES string of the molecule is CSC1(CNC(=O)c2ccc(Cl)o2)CCCC1. The lowest BCUT2D eigenvalue weighted by Crippen LogP contribution is -2.38. The average Bonchev–Trinajstić information content (AvgIpc) is 2.95. The first-order valence-corrected chi connectivity index (χ1v) is 7.34. The van der Waals surface area contributed by atoms with Gasteiger partial charge in [0.25, 0.3) is 5.91 Å². The maximum absolute atomic E-state index is 11.8. The zero-order valence-corrected chi connectivity index (χ0v) is 11.4. The van der Waals surface area contributed by atoms with Gasteiger partial charge in [0.2, 0.25) is 0 Å². The molecule has 0 bridgehead atoms. The minimum Gasteiger partial charge on any atom is -0.440 e. The molecule has 1 aliphatic rings. The highest BCUT2D eigenvalue weighted by atomic mass is 35.5. The van der Waals surface area contributed by atoms with E-state index in [1.807, 2.05) is 11.8 Å². The average molecular weight is 274 g/mol. The molecule has 1 aromatic heterocycles. The van der Waals surface area contributed by atoms with Crippen LogP contribution in [0.3, 0.4) is 0 Å². The second-order valence-corrected chi connectivity index (χ2v) is 6.03. The van der Waals surface area contributed by atoms with Crippen LogP contribution < -0.4 is 5.32 Å².